The van der Waals surface area contributed by atoms with Gasteiger partial charge >= 0.3 is 0 Å². The van der Waals surface area contributed by atoms with Crippen molar-refractivity contribution in [3.8, 4) is 0 Å². The summed E-state index contributed by atoms with van der Waals surface area (Å²) in [5, 5.41) is 3.87. The van der Waals surface area contributed by atoms with Crippen LogP contribution in [0.1, 0.15) is 30.9 Å². The van der Waals surface area contributed by atoms with Crippen molar-refractivity contribution >= 4 is 21.4 Å². The van der Waals surface area contributed by atoms with Crippen LogP contribution in [0.15, 0.2) is 46.0 Å². The molecule has 3 nitrogen and oxygen atoms in total. The quantitative estimate of drug-likeness (QED) is 0.919. The summed E-state index contributed by atoms with van der Waals surface area (Å²) >= 11 is 1.56. The summed E-state index contributed by atoms with van der Waals surface area (Å²) in [7, 11) is -3.42. The van der Waals surface area contributed by atoms with E-state index in [-0.39, 0.29) is 0 Å². The predicted octanol–water partition coefficient (Wildman–Crippen LogP) is 3.35. The molecule has 0 aliphatic heterocycles. The molecule has 1 N–H and O–H groups in total. The lowest BCUT2D eigenvalue weighted by molar-refractivity contribution is 0.581. The first-order chi connectivity index (χ1) is 8.99. The lowest BCUT2D eigenvalue weighted by Crippen LogP contribution is -2.22. The summed E-state index contributed by atoms with van der Waals surface area (Å²) < 4.78 is 26.8. The van der Waals surface area contributed by atoms with Crippen molar-refractivity contribution in [1.82, 2.24) is 4.72 Å². The van der Waals surface area contributed by atoms with Crippen molar-refractivity contribution < 1.29 is 8.42 Å². The molecule has 102 valence electrons. The number of sulfonamides is 1. The minimum absolute atomic E-state index is 0.312. The molecule has 0 saturated carbocycles. The Bertz CT molecular complexity index is 614. The van der Waals surface area contributed by atoms with E-state index in [2.05, 4.69) is 18.6 Å². The van der Waals surface area contributed by atoms with Gasteiger partial charge in [0.05, 0.1) is 4.90 Å². The summed E-state index contributed by atoms with van der Waals surface area (Å²) in [5.41, 5.74) is 2.11. The molecule has 0 fully saturated rings. The lowest BCUT2D eigenvalue weighted by atomic mass is 10.0. The van der Waals surface area contributed by atoms with Gasteiger partial charge in [-0.25, -0.2) is 13.1 Å². The molecule has 5 heteroatoms. The molecule has 19 heavy (non-hydrogen) atoms. The Labute approximate surface area is 118 Å². The van der Waals surface area contributed by atoms with Gasteiger partial charge in [-0.15, -0.1) is 0 Å². The van der Waals surface area contributed by atoms with Crippen molar-refractivity contribution in [2.45, 2.75) is 31.2 Å². The van der Waals surface area contributed by atoms with E-state index >= 15 is 0 Å². The zero-order chi connectivity index (χ0) is 13.9. The second-order valence-corrected chi connectivity index (χ2v) is 7.23. The Morgan fingerprint density at radius 1 is 1.16 bits per heavy atom. The minimum Gasteiger partial charge on any atom is -0.207 e. The molecular formula is C14H17NO2S2. The first-order valence-corrected chi connectivity index (χ1v) is 8.52. The van der Waals surface area contributed by atoms with E-state index in [0.29, 0.717) is 17.4 Å². The fourth-order valence-electron chi connectivity index (χ4n) is 1.69. The number of benzene rings is 1. The third-order valence-electron chi connectivity index (χ3n) is 2.90. The zero-order valence-electron chi connectivity index (χ0n) is 11.0. The number of rotatable bonds is 5. The molecule has 0 bridgehead atoms. The van der Waals surface area contributed by atoms with Gasteiger partial charge in [0.25, 0.3) is 0 Å². The standard InChI is InChI=1S/C14H17NO2S2/c1-11(2)13-3-5-14(6-4-13)19(16,17)15-9-12-7-8-18-10-12/h3-8,10-11,15H,9H2,1-2H3. The van der Waals surface area contributed by atoms with Crippen LogP contribution < -0.4 is 4.72 Å². The largest absolute Gasteiger partial charge is 0.240 e. The predicted molar refractivity (Wildman–Crippen MR) is 78.9 cm³/mol. The van der Waals surface area contributed by atoms with Crippen LogP contribution in [0.2, 0.25) is 0 Å². The Hall–Kier alpha value is -1.17. The van der Waals surface area contributed by atoms with E-state index in [1.807, 2.05) is 29.0 Å². The van der Waals surface area contributed by atoms with Gasteiger partial charge in [-0.1, -0.05) is 26.0 Å². The van der Waals surface area contributed by atoms with Crippen molar-refractivity contribution in [3.05, 3.63) is 52.2 Å². The molecular weight excluding hydrogens is 278 g/mol. The smallest absolute Gasteiger partial charge is 0.207 e. The Morgan fingerprint density at radius 2 is 1.84 bits per heavy atom. The van der Waals surface area contributed by atoms with Gasteiger partial charge in [0.15, 0.2) is 0 Å². The van der Waals surface area contributed by atoms with Gasteiger partial charge in [0.1, 0.15) is 0 Å². The van der Waals surface area contributed by atoms with Crippen LogP contribution >= 0.6 is 11.3 Å². The maximum Gasteiger partial charge on any atom is 0.240 e. The molecule has 0 aliphatic carbocycles. The Morgan fingerprint density at radius 3 is 2.37 bits per heavy atom. The second kappa shape index (κ2) is 5.86. The van der Waals surface area contributed by atoms with Gasteiger partial charge < -0.3 is 0 Å². The van der Waals surface area contributed by atoms with Gasteiger partial charge in [-0.2, -0.15) is 11.3 Å². The molecule has 1 aromatic carbocycles. The molecule has 2 aromatic rings. The lowest BCUT2D eigenvalue weighted by Gasteiger charge is -2.08. The summed E-state index contributed by atoms with van der Waals surface area (Å²) in [6.07, 6.45) is 0. The number of hydrogen-bond donors (Lipinski definition) is 1. The third-order valence-corrected chi connectivity index (χ3v) is 5.05. The van der Waals surface area contributed by atoms with Gasteiger partial charge in [0.2, 0.25) is 10.0 Å². The molecule has 0 saturated heterocycles. The van der Waals surface area contributed by atoms with Crippen molar-refractivity contribution in [2.75, 3.05) is 0 Å². The van der Waals surface area contributed by atoms with Gasteiger partial charge in [-0.05, 0) is 46.0 Å². The maximum absolute atomic E-state index is 12.1. The summed E-state index contributed by atoms with van der Waals surface area (Å²) in [5.74, 6) is 0.399. The highest BCUT2D eigenvalue weighted by molar-refractivity contribution is 7.89. The second-order valence-electron chi connectivity index (χ2n) is 4.68. The topological polar surface area (TPSA) is 46.2 Å². The fourth-order valence-corrected chi connectivity index (χ4v) is 3.37. The van der Waals surface area contributed by atoms with E-state index in [0.717, 1.165) is 11.1 Å². The van der Waals surface area contributed by atoms with E-state index in [1.165, 1.54) is 0 Å². The number of nitrogens with one attached hydrogen (secondary N) is 1. The van der Waals surface area contributed by atoms with Crippen LogP contribution in [-0.2, 0) is 16.6 Å². The van der Waals surface area contributed by atoms with Gasteiger partial charge in [-0.3, -0.25) is 0 Å². The molecule has 0 radical (unpaired) electrons. The highest BCUT2D eigenvalue weighted by Crippen LogP contribution is 2.17. The van der Waals surface area contributed by atoms with Crippen LogP contribution in [0.5, 0.6) is 0 Å². The summed E-state index contributed by atoms with van der Waals surface area (Å²) in [6, 6.07) is 8.96. The van der Waals surface area contributed by atoms with Crippen LogP contribution in [-0.4, -0.2) is 8.42 Å². The van der Waals surface area contributed by atoms with E-state index < -0.39 is 10.0 Å². The minimum atomic E-state index is -3.42. The number of hydrogen-bond acceptors (Lipinski definition) is 3. The molecule has 0 unspecified atom stereocenters. The molecule has 0 spiro atoms. The van der Waals surface area contributed by atoms with Crippen LogP contribution in [0, 0.1) is 0 Å². The third kappa shape index (κ3) is 3.65. The first-order valence-electron chi connectivity index (χ1n) is 6.10. The Balaban J connectivity index is 2.10. The molecule has 2 rings (SSSR count). The first kappa shape index (κ1) is 14.2. The van der Waals surface area contributed by atoms with Crippen LogP contribution in [0.25, 0.3) is 0 Å². The average molecular weight is 295 g/mol. The highest BCUT2D eigenvalue weighted by atomic mass is 32.2. The normalized spacial score (nSPS) is 11.9. The van der Waals surface area contributed by atoms with Crippen LogP contribution in [0.3, 0.4) is 0 Å². The summed E-state index contributed by atoms with van der Waals surface area (Å²) in [6.45, 7) is 4.49. The van der Waals surface area contributed by atoms with E-state index in [9.17, 15) is 8.42 Å². The molecule has 0 amide bonds. The molecule has 1 heterocycles. The fraction of sp³-hybridized carbons (Fsp3) is 0.286. The van der Waals surface area contributed by atoms with Crippen LogP contribution in [0.4, 0.5) is 0 Å². The molecule has 0 atom stereocenters. The van der Waals surface area contributed by atoms with Crippen molar-refractivity contribution in [1.29, 1.82) is 0 Å². The maximum atomic E-state index is 12.1. The Kier molecular flexibility index (Phi) is 4.39. The monoisotopic (exact) mass is 295 g/mol. The van der Waals surface area contributed by atoms with Gasteiger partial charge in [0, 0.05) is 6.54 Å². The van der Waals surface area contributed by atoms with Crippen molar-refractivity contribution in [2.24, 2.45) is 0 Å². The van der Waals surface area contributed by atoms with E-state index in [1.54, 1.807) is 23.5 Å². The van der Waals surface area contributed by atoms with E-state index in [4.69, 9.17) is 0 Å². The highest BCUT2D eigenvalue weighted by Gasteiger charge is 2.13. The molecule has 0 aliphatic rings. The zero-order valence-corrected chi connectivity index (χ0v) is 12.6. The number of thiophene rings is 1. The average Bonchev–Trinajstić information content (AvgIpc) is 2.90. The summed E-state index contributed by atoms with van der Waals surface area (Å²) in [4.78, 5) is 0.312. The van der Waals surface area contributed by atoms with Crippen molar-refractivity contribution in [3.63, 3.8) is 0 Å². The SMILES string of the molecule is CC(C)c1ccc(S(=O)(=O)NCc2ccsc2)cc1. The molecule has 1 aromatic heterocycles.